The summed E-state index contributed by atoms with van der Waals surface area (Å²) >= 11 is 0. The molecule has 0 heterocycles. The van der Waals surface area contributed by atoms with Crippen LogP contribution in [-0.4, -0.2) is 0 Å². The fourth-order valence-electron chi connectivity index (χ4n) is 9.35. The van der Waals surface area contributed by atoms with Crippen LogP contribution in [0.2, 0.25) is 0 Å². The maximum Gasteiger partial charge on any atom is 0.204 e. The monoisotopic (exact) mass is 764 g/mol. The SMILES string of the molecule is CC(C)(C1=CC=C(Oc2c(F)c(F)c(CC3CC4C=CC3C4)c(F)c2F)CC=C1)c1ccc(Oc2c(F)c(F)c(CC3CC4CC=CC3C4)c(F)c2F)cc1. The van der Waals surface area contributed by atoms with Crippen LogP contribution in [-0.2, 0) is 18.3 Å². The number of benzene rings is 3. The normalized spacial score (nSPS) is 25.3. The number of fused-ring (bicyclic) bond motifs is 4. The second-order valence-electron chi connectivity index (χ2n) is 16.2. The highest BCUT2D eigenvalue weighted by molar-refractivity contribution is 5.47. The van der Waals surface area contributed by atoms with Gasteiger partial charge < -0.3 is 9.47 Å². The van der Waals surface area contributed by atoms with Crippen molar-refractivity contribution in [2.75, 3.05) is 0 Å². The molecule has 5 aliphatic carbocycles. The van der Waals surface area contributed by atoms with Crippen LogP contribution in [0.1, 0.15) is 69.1 Å². The molecular formula is C45H40F8O2. The molecule has 55 heavy (non-hydrogen) atoms. The lowest BCUT2D eigenvalue weighted by Gasteiger charge is -2.27. The Hall–Kier alpha value is -4.60. The van der Waals surface area contributed by atoms with Crippen molar-refractivity contribution in [3.05, 3.63) is 147 Å². The molecule has 0 saturated heterocycles. The highest BCUT2D eigenvalue weighted by Gasteiger charge is 2.39. The minimum absolute atomic E-state index is 0.0470. The van der Waals surface area contributed by atoms with Crippen molar-refractivity contribution >= 4 is 0 Å². The van der Waals surface area contributed by atoms with Crippen molar-refractivity contribution in [2.45, 2.75) is 70.6 Å². The van der Waals surface area contributed by atoms with E-state index in [0.717, 1.165) is 32.1 Å². The molecule has 0 spiro atoms. The highest BCUT2D eigenvalue weighted by Crippen LogP contribution is 2.47. The molecule has 0 radical (unpaired) electrons. The molecule has 6 unspecified atom stereocenters. The molecule has 3 aromatic carbocycles. The van der Waals surface area contributed by atoms with Crippen molar-refractivity contribution in [3.8, 4) is 17.2 Å². The summed E-state index contributed by atoms with van der Waals surface area (Å²) in [5.74, 6) is -13.7. The molecule has 288 valence electrons. The summed E-state index contributed by atoms with van der Waals surface area (Å²) in [7, 11) is 0. The van der Waals surface area contributed by atoms with Gasteiger partial charge in [-0.15, -0.1) is 0 Å². The molecule has 4 bridgehead atoms. The minimum atomic E-state index is -1.59. The van der Waals surface area contributed by atoms with Gasteiger partial charge in [-0.25, -0.2) is 17.6 Å². The molecule has 10 heteroatoms. The number of hydrogen-bond acceptors (Lipinski definition) is 2. The second-order valence-corrected chi connectivity index (χ2v) is 16.2. The van der Waals surface area contributed by atoms with Crippen molar-refractivity contribution < 1.29 is 44.6 Å². The maximum absolute atomic E-state index is 15.2. The molecule has 5 aliphatic rings. The fraction of sp³-hybridized carbons (Fsp3) is 0.378. The first-order valence-electron chi connectivity index (χ1n) is 18.9. The first-order valence-corrected chi connectivity index (χ1v) is 18.9. The average molecular weight is 765 g/mol. The van der Waals surface area contributed by atoms with Crippen LogP contribution in [0.5, 0.6) is 17.2 Å². The van der Waals surface area contributed by atoms with Gasteiger partial charge in [0.25, 0.3) is 0 Å². The van der Waals surface area contributed by atoms with Crippen LogP contribution in [0.15, 0.2) is 84.2 Å². The number of hydrogen-bond donors (Lipinski definition) is 0. The first kappa shape index (κ1) is 37.3. The van der Waals surface area contributed by atoms with E-state index in [1.54, 1.807) is 30.4 Å². The molecule has 2 fully saturated rings. The Bertz CT molecular complexity index is 2120. The molecule has 0 N–H and O–H groups in total. The zero-order valence-corrected chi connectivity index (χ0v) is 30.4. The summed E-state index contributed by atoms with van der Waals surface area (Å²) in [5, 5.41) is 0. The summed E-state index contributed by atoms with van der Waals surface area (Å²) in [5.41, 5.74) is -0.516. The van der Waals surface area contributed by atoms with Gasteiger partial charge in [-0.3, -0.25) is 0 Å². The molecule has 2 saturated carbocycles. The van der Waals surface area contributed by atoms with Gasteiger partial charge in [0.2, 0.25) is 34.8 Å². The van der Waals surface area contributed by atoms with Crippen LogP contribution < -0.4 is 9.47 Å². The van der Waals surface area contributed by atoms with E-state index in [0.29, 0.717) is 23.0 Å². The molecule has 8 rings (SSSR count). The van der Waals surface area contributed by atoms with Crippen LogP contribution in [0, 0.1) is 82.0 Å². The van der Waals surface area contributed by atoms with Gasteiger partial charge in [-0.2, -0.15) is 17.6 Å². The third-order valence-corrected chi connectivity index (χ3v) is 12.5. The van der Waals surface area contributed by atoms with E-state index >= 15 is 35.1 Å². The Morgan fingerprint density at radius 1 is 0.600 bits per heavy atom. The lowest BCUT2D eigenvalue weighted by atomic mass is 9.77. The van der Waals surface area contributed by atoms with E-state index < -0.39 is 74.6 Å². The minimum Gasteiger partial charge on any atom is -0.455 e. The van der Waals surface area contributed by atoms with Gasteiger partial charge in [0.1, 0.15) is 11.5 Å². The fourth-order valence-corrected chi connectivity index (χ4v) is 9.35. The molecule has 6 atom stereocenters. The summed E-state index contributed by atoms with van der Waals surface area (Å²) in [6, 6.07) is 6.09. The van der Waals surface area contributed by atoms with Crippen LogP contribution >= 0.6 is 0 Å². The Morgan fingerprint density at radius 3 is 1.75 bits per heavy atom. The number of allylic oxidation sites excluding steroid dienone is 9. The van der Waals surface area contributed by atoms with Crippen molar-refractivity contribution in [1.82, 2.24) is 0 Å². The lowest BCUT2D eigenvalue weighted by Crippen LogP contribution is -2.19. The van der Waals surface area contributed by atoms with Crippen LogP contribution in [0.4, 0.5) is 35.1 Å². The van der Waals surface area contributed by atoms with Crippen LogP contribution in [0.3, 0.4) is 0 Å². The Morgan fingerprint density at radius 2 is 1.18 bits per heavy atom. The number of ether oxygens (including phenoxy) is 2. The predicted molar refractivity (Wildman–Crippen MR) is 192 cm³/mol. The zero-order valence-electron chi connectivity index (χ0n) is 30.4. The average Bonchev–Trinajstić information content (AvgIpc) is 3.82. The largest absolute Gasteiger partial charge is 0.455 e. The first-order chi connectivity index (χ1) is 26.3. The Labute approximate surface area is 314 Å². The lowest BCUT2D eigenvalue weighted by molar-refractivity contribution is 0.326. The van der Waals surface area contributed by atoms with Gasteiger partial charge in [-0.05, 0) is 110 Å². The highest BCUT2D eigenvalue weighted by atomic mass is 19.2. The molecule has 0 amide bonds. The van der Waals surface area contributed by atoms with E-state index in [-0.39, 0.29) is 54.4 Å². The standard InChI is InChI=1S/C45H40F8O2/c1-45(2,29-7-4-8-31(14-11-29)54-43-39(50)37(48)34(38(49)40(43)51)22-28-20-24-9-10-26(28)18-24)30-12-15-32(16-13-30)55-44-41(52)35(46)33(36(47)42(44)53)21-27-19-23-5-3-6-25(27)17-23/h3-4,6-7,9-16,23-28H,5,8,17-22H2,1-2H3. The number of rotatable bonds is 10. The number of halogens is 8. The van der Waals surface area contributed by atoms with E-state index in [1.165, 1.54) is 18.2 Å². The summed E-state index contributed by atoms with van der Waals surface area (Å²) in [6.45, 7) is 3.76. The van der Waals surface area contributed by atoms with Crippen LogP contribution in [0.25, 0.3) is 0 Å². The van der Waals surface area contributed by atoms with E-state index in [4.69, 9.17) is 9.47 Å². The molecule has 3 aromatic rings. The smallest absolute Gasteiger partial charge is 0.204 e. The topological polar surface area (TPSA) is 18.5 Å². The third-order valence-electron chi connectivity index (χ3n) is 12.5. The van der Waals surface area contributed by atoms with E-state index in [2.05, 4.69) is 12.2 Å². The Kier molecular flexibility index (Phi) is 9.83. The van der Waals surface area contributed by atoms with Gasteiger partial charge in [0, 0.05) is 23.0 Å². The second kappa shape index (κ2) is 14.5. The molecule has 2 nitrogen and oxygen atoms in total. The van der Waals surface area contributed by atoms with Gasteiger partial charge in [0.05, 0.1) is 0 Å². The quantitative estimate of drug-likeness (QED) is 0.116. The van der Waals surface area contributed by atoms with Gasteiger partial charge >= 0.3 is 0 Å². The summed E-state index contributed by atoms with van der Waals surface area (Å²) < 4.78 is 132. The predicted octanol–water partition coefficient (Wildman–Crippen LogP) is 12.6. The third kappa shape index (κ3) is 6.84. The summed E-state index contributed by atoms with van der Waals surface area (Å²) in [6.07, 6.45) is 18.7. The maximum atomic E-state index is 15.2. The van der Waals surface area contributed by atoms with Crippen molar-refractivity contribution in [3.63, 3.8) is 0 Å². The van der Waals surface area contributed by atoms with E-state index in [9.17, 15) is 0 Å². The molecule has 0 aromatic heterocycles. The van der Waals surface area contributed by atoms with E-state index in [1.807, 2.05) is 26.0 Å². The summed E-state index contributed by atoms with van der Waals surface area (Å²) in [4.78, 5) is 0. The zero-order chi connectivity index (χ0) is 38.8. The molecule has 0 aliphatic heterocycles. The van der Waals surface area contributed by atoms with Crippen molar-refractivity contribution in [2.24, 2.45) is 35.5 Å². The van der Waals surface area contributed by atoms with Crippen molar-refractivity contribution in [1.29, 1.82) is 0 Å². The molecular weight excluding hydrogens is 724 g/mol. The van der Waals surface area contributed by atoms with Gasteiger partial charge in [0.15, 0.2) is 23.3 Å². The Balaban J connectivity index is 0.966. The van der Waals surface area contributed by atoms with Gasteiger partial charge in [-0.1, -0.05) is 68.5 Å².